The molecule has 0 unspecified atom stereocenters. The Hall–Kier alpha value is -1.37. The number of rotatable bonds is 5. The third-order valence-electron chi connectivity index (χ3n) is 1.83. The number of hydrogen-bond donors (Lipinski definition) is 0. The maximum Gasteiger partial charge on any atom is 0.0995 e. The largest absolute Gasteiger partial charge is 0.382 e. The van der Waals surface area contributed by atoms with E-state index in [1.165, 1.54) is 0 Å². The van der Waals surface area contributed by atoms with E-state index in [1.54, 1.807) is 13.2 Å². The van der Waals surface area contributed by atoms with Gasteiger partial charge in [-0.05, 0) is 11.6 Å². The molecule has 0 aromatic heterocycles. The van der Waals surface area contributed by atoms with E-state index in [0.29, 0.717) is 25.4 Å². The minimum absolute atomic E-state index is 0.465. The van der Waals surface area contributed by atoms with Crippen LogP contribution in [-0.2, 0) is 16.1 Å². The van der Waals surface area contributed by atoms with Gasteiger partial charge in [-0.2, -0.15) is 5.26 Å². The fourth-order valence-corrected chi connectivity index (χ4v) is 1.08. The fraction of sp³-hybridized carbons (Fsp3) is 0.364. The van der Waals surface area contributed by atoms with Crippen LogP contribution in [0.2, 0.25) is 0 Å². The Labute approximate surface area is 83.9 Å². The molecule has 0 atom stereocenters. The molecule has 1 aromatic carbocycles. The van der Waals surface area contributed by atoms with Crippen molar-refractivity contribution in [2.45, 2.75) is 6.61 Å². The van der Waals surface area contributed by atoms with Gasteiger partial charge in [0, 0.05) is 7.11 Å². The average Bonchev–Trinajstić information content (AvgIpc) is 2.25. The quantitative estimate of drug-likeness (QED) is 0.665. The number of ether oxygens (including phenoxy) is 2. The van der Waals surface area contributed by atoms with Crippen molar-refractivity contribution in [1.82, 2.24) is 0 Å². The number of methoxy groups -OCH3 is 1. The van der Waals surface area contributed by atoms with E-state index in [1.807, 2.05) is 18.2 Å². The minimum Gasteiger partial charge on any atom is -0.382 e. The number of nitrogens with zero attached hydrogens (tertiary/aromatic N) is 1. The summed E-state index contributed by atoms with van der Waals surface area (Å²) in [5, 5.41) is 8.79. The second-order valence-electron chi connectivity index (χ2n) is 2.81. The van der Waals surface area contributed by atoms with E-state index < -0.39 is 0 Å². The van der Waals surface area contributed by atoms with Gasteiger partial charge in [0.25, 0.3) is 0 Å². The van der Waals surface area contributed by atoms with Crippen molar-refractivity contribution in [3.8, 4) is 6.07 Å². The monoisotopic (exact) mass is 191 g/mol. The molecular formula is C11H13NO2. The van der Waals surface area contributed by atoms with E-state index in [4.69, 9.17) is 14.7 Å². The molecule has 74 valence electrons. The molecule has 3 nitrogen and oxygen atoms in total. The molecule has 0 radical (unpaired) electrons. The molecular weight excluding hydrogens is 178 g/mol. The summed E-state index contributed by atoms with van der Waals surface area (Å²) in [5.41, 5.74) is 1.59. The van der Waals surface area contributed by atoms with Crippen LogP contribution in [0.5, 0.6) is 0 Å². The van der Waals surface area contributed by atoms with Gasteiger partial charge in [0.15, 0.2) is 0 Å². The van der Waals surface area contributed by atoms with Gasteiger partial charge in [0.1, 0.15) is 0 Å². The van der Waals surface area contributed by atoms with E-state index in [-0.39, 0.29) is 0 Å². The lowest BCUT2D eigenvalue weighted by Gasteiger charge is -2.04. The molecule has 14 heavy (non-hydrogen) atoms. The van der Waals surface area contributed by atoms with Crippen LogP contribution in [0.15, 0.2) is 24.3 Å². The molecule has 0 N–H and O–H groups in total. The highest BCUT2D eigenvalue weighted by atomic mass is 16.5. The normalized spacial score (nSPS) is 9.71. The van der Waals surface area contributed by atoms with Gasteiger partial charge in [-0.25, -0.2) is 0 Å². The second-order valence-corrected chi connectivity index (χ2v) is 2.81. The Kier molecular flexibility index (Phi) is 4.70. The van der Waals surface area contributed by atoms with Gasteiger partial charge < -0.3 is 9.47 Å². The highest BCUT2D eigenvalue weighted by Crippen LogP contribution is 2.08. The molecule has 0 aliphatic rings. The van der Waals surface area contributed by atoms with Crippen LogP contribution in [0.3, 0.4) is 0 Å². The van der Waals surface area contributed by atoms with Gasteiger partial charge in [-0.1, -0.05) is 18.2 Å². The number of nitriles is 1. The predicted molar refractivity (Wildman–Crippen MR) is 52.7 cm³/mol. The Morgan fingerprint density at radius 2 is 2.07 bits per heavy atom. The lowest BCUT2D eigenvalue weighted by atomic mass is 10.1. The summed E-state index contributed by atoms with van der Waals surface area (Å²) in [4.78, 5) is 0. The standard InChI is InChI=1S/C11H13NO2/c1-13-6-7-14-9-11-5-3-2-4-10(11)8-12/h2-5H,6-7,9H2,1H3. The molecule has 0 saturated heterocycles. The Morgan fingerprint density at radius 3 is 2.79 bits per heavy atom. The van der Waals surface area contributed by atoms with E-state index in [0.717, 1.165) is 5.56 Å². The van der Waals surface area contributed by atoms with Crippen molar-refractivity contribution in [2.24, 2.45) is 0 Å². The van der Waals surface area contributed by atoms with Crippen LogP contribution < -0.4 is 0 Å². The molecule has 0 aliphatic heterocycles. The highest BCUT2D eigenvalue weighted by molar-refractivity contribution is 5.36. The van der Waals surface area contributed by atoms with Crippen molar-refractivity contribution in [2.75, 3.05) is 20.3 Å². The van der Waals surface area contributed by atoms with Crippen molar-refractivity contribution < 1.29 is 9.47 Å². The lowest BCUT2D eigenvalue weighted by molar-refractivity contribution is 0.0616. The summed E-state index contributed by atoms with van der Waals surface area (Å²) < 4.78 is 10.2. The fourth-order valence-electron chi connectivity index (χ4n) is 1.08. The predicted octanol–water partition coefficient (Wildman–Crippen LogP) is 1.72. The van der Waals surface area contributed by atoms with Gasteiger partial charge in [-0.3, -0.25) is 0 Å². The third kappa shape index (κ3) is 3.17. The number of benzene rings is 1. The summed E-state index contributed by atoms with van der Waals surface area (Å²) in [7, 11) is 1.63. The molecule has 0 heterocycles. The van der Waals surface area contributed by atoms with Crippen LogP contribution in [0, 0.1) is 11.3 Å². The first-order valence-electron chi connectivity index (χ1n) is 4.43. The first kappa shape index (κ1) is 10.7. The molecule has 0 aliphatic carbocycles. The van der Waals surface area contributed by atoms with E-state index >= 15 is 0 Å². The SMILES string of the molecule is COCCOCc1ccccc1C#N. The van der Waals surface area contributed by atoms with Crippen molar-refractivity contribution in [1.29, 1.82) is 5.26 Å². The maximum absolute atomic E-state index is 8.79. The summed E-state index contributed by atoms with van der Waals surface area (Å²) in [5.74, 6) is 0. The van der Waals surface area contributed by atoms with Crippen LogP contribution >= 0.6 is 0 Å². The second kappa shape index (κ2) is 6.14. The zero-order valence-corrected chi connectivity index (χ0v) is 8.19. The first-order valence-corrected chi connectivity index (χ1v) is 4.43. The first-order chi connectivity index (χ1) is 6.88. The third-order valence-corrected chi connectivity index (χ3v) is 1.83. The van der Waals surface area contributed by atoms with Gasteiger partial charge in [0.2, 0.25) is 0 Å². The van der Waals surface area contributed by atoms with Crippen LogP contribution in [-0.4, -0.2) is 20.3 Å². The smallest absolute Gasteiger partial charge is 0.0995 e. The highest BCUT2D eigenvalue weighted by Gasteiger charge is 1.99. The Bertz CT molecular complexity index is 317. The van der Waals surface area contributed by atoms with Crippen molar-refractivity contribution >= 4 is 0 Å². The average molecular weight is 191 g/mol. The molecule has 0 amide bonds. The molecule has 0 fully saturated rings. The summed E-state index contributed by atoms with van der Waals surface area (Å²) in [6.45, 7) is 1.60. The molecule has 0 spiro atoms. The van der Waals surface area contributed by atoms with Gasteiger partial charge >= 0.3 is 0 Å². The maximum atomic E-state index is 8.79. The van der Waals surface area contributed by atoms with Crippen molar-refractivity contribution in [3.63, 3.8) is 0 Å². The molecule has 0 saturated carbocycles. The topological polar surface area (TPSA) is 42.2 Å². The molecule has 1 rings (SSSR count). The summed E-state index contributed by atoms with van der Waals surface area (Å²) >= 11 is 0. The van der Waals surface area contributed by atoms with Crippen LogP contribution in [0.25, 0.3) is 0 Å². The number of hydrogen-bond acceptors (Lipinski definition) is 3. The minimum atomic E-state index is 0.465. The lowest BCUT2D eigenvalue weighted by Crippen LogP contribution is -2.02. The van der Waals surface area contributed by atoms with Crippen molar-refractivity contribution in [3.05, 3.63) is 35.4 Å². The van der Waals surface area contributed by atoms with E-state index in [9.17, 15) is 0 Å². The summed E-state index contributed by atoms with van der Waals surface area (Å²) in [6, 6.07) is 9.55. The van der Waals surface area contributed by atoms with Crippen LogP contribution in [0.4, 0.5) is 0 Å². The molecule has 1 aromatic rings. The molecule has 3 heteroatoms. The van der Waals surface area contributed by atoms with E-state index in [2.05, 4.69) is 6.07 Å². The van der Waals surface area contributed by atoms with Gasteiger partial charge in [0.05, 0.1) is 31.5 Å². The van der Waals surface area contributed by atoms with Crippen LogP contribution in [0.1, 0.15) is 11.1 Å². The zero-order valence-electron chi connectivity index (χ0n) is 8.19. The zero-order chi connectivity index (χ0) is 10.2. The van der Waals surface area contributed by atoms with Gasteiger partial charge in [-0.15, -0.1) is 0 Å². The molecule has 0 bridgehead atoms. The Balaban J connectivity index is 2.46. The summed E-state index contributed by atoms with van der Waals surface area (Å²) in [6.07, 6.45) is 0. The Morgan fingerprint density at radius 1 is 1.29 bits per heavy atom.